The van der Waals surface area contributed by atoms with Gasteiger partial charge in [-0.1, -0.05) is 26.7 Å². The van der Waals surface area contributed by atoms with E-state index in [0.717, 1.165) is 47.8 Å². The highest BCUT2D eigenvalue weighted by atomic mass is 16.4. The van der Waals surface area contributed by atoms with Crippen molar-refractivity contribution in [2.45, 2.75) is 58.3 Å². The lowest BCUT2D eigenvalue weighted by molar-refractivity contribution is 0.476. The van der Waals surface area contributed by atoms with Crippen LogP contribution in [0.3, 0.4) is 0 Å². The Morgan fingerprint density at radius 2 is 2.14 bits per heavy atom. The maximum absolute atomic E-state index is 12.1. The van der Waals surface area contributed by atoms with Crippen molar-refractivity contribution >= 4 is 11.0 Å². The molecule has 2 aromatic rings. The second-order valence-electron chi connectivity index (χ2n) is 6.17. The van der Waals surface area contributed by atoms with Crippen LogP contribution < -0.4 is 5.63 Å². The Kier molecular flexibility index (Phi) is 3.75. The fourth-order valence-electron chi connectivity index (χ4n) is 3.44. The SMILES string of the molecule is CCCCCc1cc(O)c2c3c(c(=O)oc2c1)CCC3C. The van der Waals surface area contributed by atoms with Crippen molar-refractivity contribution < 1.29 is 9.52 Å². The maximum Gasteiger partial charge on any atom is 0.339 e. The number of fused-ring (bicyclic) bond motifs is 3. The van der Waals surface area contributed by atoms with E-state index in [-0.39, 0.29) is 11.4 Å². The van der Waals surface area contributed by atoms with Crippen molar-refractivity contribution in [3.63, 3.8) is 0 Å². The van der Waals surface area contributed by atoms with Crippen LogP contribution in [0.4, 0.5) is 0 Å². The van der Waals surface area contributed by atoms with Crippen LogP contribution in [0.15, 0.2) is 21.3 Å². The summed E-state index contributed by atoms with van der Waals surface area (Å²) in [6.07, 6.45) is 6.05. The van der Waals surface area contributed by atoms with Crippen LogP contribution in [0.1, 0.15) is 62.1 Å². The van der Waals surface area contributed by atoms with Crippen LogP contribution in [0.2, 0.25) is 0 Å². The van der Waals surface area contributed by atoms with Crippen molar-refractivity contribution in [2.75, 3.05) is 0 Å². The van der Waals surface area contributed by atoms with Gasteiger partial charge in [-0.3, -0.25) is 0 Å². The van der Waals surface area contributed by atoms with Gasteiger partial charge in [-0.15, -0.1) is 0 Å². The van der Waals surface area contributed by atoms with E-state index in [1.807, 2.05) is 12.1 Å². The third-order valence-corrected chi connectivity index (χ3v) is 4.57. The molecule has 1 aromatic heterocycles. The van der Waals surface area contributed by atoms with Gasteiger partial charge in [-0.2, -0.15) is 0 Å². The summed E-state index contributed by atoms with van der Waals surface area (Å²) >= 11 is 0. The highest BCUT2D eigenvalue weighted by Gasteiger charge is 2.27. The van der Waals surface area contributed by atoms with Crippen molar-refractivity contribution in [3.05, 3.63) is 39.2 Å². The molecule has 1 atom stereocenters. The lowest BCUT2D eigenvalue weighted by atomic mass is 9.97. The van der Waals surface area contributed by atoms with Gasteiger partial charge < -0.3 is 9.52 Å². The molecule has 0 radical (unpaired) electrons. The molecule has 1 aliphatic rings. The molecule has 0 saturated heterocycles. The summed E-state index contributed by atoms with van der Waals surface area (Å²) in [5.74, 6) is 0.566. The molecule has 0 aliphatic heterocycles. The Morgan fingerprint density at radius 3 is 2.90 bits per heavy atom. The van der Waals surface area contributed by atoms with Gasteiger partial charge in [0.15, 0.2) is 0 Å². The van der Waals surface area contributed by atoms with E-state index in [0.29, 0.717) is 11.5 Å². The number of phenols is 1. The van der Waals surface area contributed by atoms with E-state index in [2.05, 4.69) is 13.8 Å². The zero-order valence-electron chi connectivity index (χ0n) is 12.7. The van der Waals surface area contributed by atoms with Gasteiger partial charge in [0.25, 0.3) is 0 Å². The summed E-state index contributed by atoms with van der Waals surface area (Å²) in [4.78, 5) is 12.1. The van der Waals surface area contributed by atoms with Gasteiger partial charge in [0, 0.05) is 5.56 Å². The number of rotatable bonds is 4. The fourth-order valence-corrected chi connectivity index (χ4v) is 3.44. The maximum atomic E-state index is 12.1. The quantitative estimate of drug-likeness (QED) is 0.674. The van der Waals surface area contributed by atoms with E-state index in [1.54, 1.807) is 0 Å². The summed E-state index contributed by atoms with van der Waals surface area (Å²) in [5.41, 5.74) is 3.11. The van der Waals surface area contributed by atoms with Crippen molar-refractivity contribution in [1.82, 2.24) is 0 Å². The van der Waals surface area contributed by atoms with E-state index in [9.17, 15) is 9.90 Å². The zero-order valence-corrected chi connectivity index (χ0v) is 12.7. The Bertz CT molecular complexity index is 727. The topological polar surface area (TPSA) is 50.4 Å². The Hall–Kier alpha value is -1.77. The van der Waals surface area contributed by atoms with Gasteiger partial charge in [0.05, 0.1) is 5.39 Å². The molecule has 0 saturated carbocycles. The number of hydrogen-bond acceptors (Lipinski definition) is 3. The zero-order chi connectivity index (χ0) is 15.0. The molecule has 1 aromatic carbocycles. The minimum atomic E-state index is -0.230. The second kappa shape index (κ2) is 5.55. The third-order valence-electron chi connectivity index (χ3n) is 4.57. The molecule has 3 heteroatoms. The molecule has 1 N–H and O–H groups in total. The number of phenolic OH excluding ortho intramolecular Hbond substituents is 1. The molecule has 21 heavy (non-hydrogen) atoms. The predicted molar refractivity (Wildman–Crippen MR) is 84.1 cm³/mol. The summed E-state index contributed by atoms with van der Waals surface area (Å²) in [7, 11) is 0. The normalized spacial score (nSPS) is 17.3. The van der Waals surface area contributed by atoms with Crippen LogP contribution in [0.25, 0.3) is 11.0 Å². The van der Waals surface area contributed by atoms with Gasteiger partial charge in [-0.25, -0.2) is 4.79 Å². The lowest BCUT2D eigenvalue weighted by Crippen LogP contribution is -2.07. The molecule has 112 valence electrons. The summed E-state index contributed by atoms with van der Waals surface area (Å²) in [6, 6.07) is 3.76. The van der Waals surface area contributed by atoms with Gasteiger partial charge in [0.2, 0.25) is 0 Å². The van der Waals surface area contributed by atoms with Gasteiger partial charge in [-0.05, 0) is 54.9 Å². The first kappa shape index (κ1) is 14.2. The molecular weight excluding hydrogens is 264 g/mol. The molecule has 1 heterocycles. The molecule has 0 spiro atoms. The Morgan fingerprint density at radius 1 is 1.33 bits per heavy atom. The first-order valence-electron chi connectivity index (χ1n) is 7.93. The van der Waals surface area contributed by atoms with E-state index in [4.69, 9.17) is 4.42 Å². The van der Waals surface area contributed by atoms with Crippen LogP contribution >= 0.6 is 0 Å². The lowest BCUT2D eigenvalue weighted by Gasteiger charge is -2.11. The van der Waals surface area contributed by atoms with E-state index < -0.39 is 0 Å². The summed E-state index contributed by atoms with van der Waals surface area (Å²) < 4.78 is 5.47. The first-order chi connectivity index (χ1) is 10.1. The molecule has 3 rings (SSSR count). The minimum absolute atomic E-state index is 0.230. The molecule has 1 aliphatic carbocycles. The van der Waals surface area contributed by atoms with E-state index >= 15 is 0 Å². The minimum Gasteiger partial charge on any atom is -0.507 e. The number of benzene rings is 1. The van der Waals surface area contributed by atoms with Crippen LogP contribution in [0, 0.1) is 0 Å². The van der Waals surface area contributed by atoms with Crippen molar-refractivity contribution in [1.29, 1.82) is 0 Å². The molecule has 0 fully saturated rings. The summed E-state index contributed by atoms with van der Waals surface area (Å²) in [6.45, 7) is 4.28. The molecule has 1 unspecified atom stereocenters. The van der Waals surface area contributed by atoms with Crippen molar-refractivity contribution in [2.24, 2.45) is 0 Å². The smallest absolute Gasteiger partial charge is 0.339 e. The third kappa shape index (κ3) is 2.45. The molecule has 3 nitrogen and oxygen atoms in total. The number of aryl methyl sites for hydroxylation is 1. The van der Waals surface area contributed by atoms with Crippen LogP contribution in [0.5, 0.6) is 5.75 Å². The van der Waals surface area contributed by atoms with E-state index in [1.165, 1.54) is 12.8 Å². The first-order valence-corrected chi connectivity index (χ1v) is 7.93. The standard InChI is InChI=1S/C18H22O3/c1-3-4-5-6-12-9-14(19)17-15(10-12)21-18(20)13-8-7-11(2)16(13)17/h9-11,19H,3-8H2,1-2H3. The fraction of sp³-hybridized carbons (Fsp3) is 0.500. The molecule has 0 amide bonds. The van der Waals surface area contributed by atoms with Crippen LogP contribution in [-0.4, -0.2) is 5.11 Å². The average Bonchev–Trinajstić information content (AvgIpc) is 2.82. The van der Waals surface area contributed by atoms with Crippen molar-refractivity contribution in [3.8, 4) is 5.75 Å². The van der Waals surface area contributed by atoms with Crippen LogP contribution in [-0.2, 0) is 12.8 Å². The average molecular weight is 286 g/mol. The second-order valence-corrected chi connectivity index (χ2v) is 6.17. The molecule has 0 bridgehead atoms. The number of aromatic hydroxyl groups is 1. The number of hydrogen-bond donors (Lipinski definition) is 1. The molecular formula is C18H22O3. The monoisotopic (exact) mass is 286 g/mol. The highest BCUT2D eigenvalue weighted by molar-refractivity contribution is 5.89. The Balaban J connectivity index is 2.12. The summed E-state index contributed by atoms with van der Waals surface area (Å²) in [5, 5.41) is 11.2. The highest BCUT2D eigenvalue weighted by Crippen LogP contribution is 2.40. The largest absolute Gasteiger partial charge is 0.507 e. The van der Waals surface area contributed by atoms with Gasteiger partial charge in [0.1, 0.15) is 11.3 Å². The predicted octanol–water partition coefficient (Wildman–Crippen LogP) is 4.28. The Labute approximate surface area is 124 Å². The number of unbranched alkanes of at least 4 members (excludes halogenated alkanes) is 2. The van der Waals surface area contributed by atoms with Gasteiger partial charge >= 0.3 is 5.63 Å².